The fourth-order valence-electron chi connectivity index (χ4n) is 4.66. The average Bonchev–Trinajstić information content (AvgIpc) is 3.04. The molecule has 1 saturated heterocycles. The van der Waals surface area contributed by atoms with Crippen molar-refractivity contribution in [3.8, 4) is 17.6 Å². The lowest BCUT2D eigenvalue weighted by Gasteiger charge is -2.43. The molecule has 2 fully saturated rings. The molecule has 182 valence electrons. The van der Waals surface area contributed by atoms with Crippen LogP contribution >= 0.6 is 12.2 Å². The average molecular weight is 504 g/mol. The number of ether oxygens (including phenoxy) is 2. The molecule has 1 N–H and O–H groups in total. The first kappa shape index (κ1) is 23.4. The third-order valence-electron chi connectivity index (χ3n) is 6.68. The fraction of sp³-hybridized carbons (Fsp3) is 0.375. The van der Waals surface area contributed by atoms with Gasteiger partial charge in [0.2, 0.25) is 0 Å². The van der Waals surface area contributed by atoms with Crippen molar-refractivity contribution in [2.45, 2.75) is 50.1 Å². The largest absolute Gasteiger partial charge is 0.486 e. The minimum absolute atomic E-state index is 0.0441. The van der Waals surface area contributed by atoms with Crippen molar-refractivity contribution in [1.29, 1.82) is 5.26 Å². The number of amides is 1. The Hall–Kier alpha value is -3.36. The van der Waals surface area contributed by atoms with Crippen LogP contribution in [0.25, 0.3) is 0 Å². The summed E-state index contributed by atoms with van der Waals surface area (Å²) in [5.41, 5.74) is -2.15. The van der Waals surface area contributed by atoms with Crippen LogP contribution in [0.5, 0.6) is 11.5 Å². The van der Waals surface area contributed by atoms with Crippen molar-refractivity contribution in [1.82, 2.24) is 0 Å². The van der Waals surface area contributed by atoms with E-state index in [1.165, 1.54) is 6.07 Å². The van der Waals surface area contributed by atoms with Crippen LogP contribution in [0.15, 0.2) is 36.4 Å². The van der Waals surface area contributed by atoms with E-state index in [0.29, 0.717) is 30.0 Å². The first-order chi connectivity index (χ1) is 16.6. The van der Waals surface area contributed by atoms with Gasteiger partial charge in [-0.2, -0.15) is 18.4 Å². The number of hydrogen-bond acceptors (Lipinski definition) is 6. The molecule has 2 atom stereocenters. The molecule has 0 aromatic heterocycles. The van der Waals surface area contributed by atoms with E-state index < -0.39 is 41.0 Å². The molecule has 2 heterocycles. The highest BCUT2D eigenvalue weighted by molar-refractivity contribution is 7.81. The van der Waals surface area contributed by atoms with Crippen LogP contribution in [0, 0.1) is 11.3 Å². The van der Waals surface area contributed by atoms with E-state index in [4.69, 9.17) is 27.0 Å². The Morgan fingerprint density at radius 2 is 1.91 bits per heavy atom. The molecular weight excluding hydrogens is 483 g/mol. The van der Waals surface area contributed by atoms with Crippen molar-refractivity contribution in [2.24, 2.45) is 0 Å². The second-order valence-electron chi connectivity index (χ2n) is 8.82. The van der Waals surface area contributed by atoms with Gasteiger partial charge >= 0.3 is 6.18 Å². The smallest absolute Gasteiger partial charge is 0.417 e. The third-order valence-corrected chi connectivity index (χ3v) is 7.05. The Labute approximate surface area is 204 Å². The number of halogens is 3. The fourth-order valence-corrected chi connectivity index (χ4v) is 5.13. The van der Waals surface area contributed by atoms with Gasteiger partial charge in [-0.15, -0.1) is 0 Å². The molecule has 1 saturated carbocycles. The van der Waals surface area contributed by atoms with Gasteiger partial charge < -0.3 is 19.5 Å². The van der Waals surface area contributed by atoms with Crippen molar-refractivity contribution in [2.75, 3.05) is 16.4 Å². The maximum Gasteiger partial charge on any atom is 0.417 e. The first-order valence-corrected chi connectivity index (χ1v) is 11.4. The topological polar surface area (TPSA) is 86.0 Å². The molecule has 7 nitrogen and oxygen atoms in total. The number of thiocarbonyl (C=S) groups is 1. The summed E-state index contributed by atoms with van der Waals surface area (Å²) in [6.45, 7) is 1.74. The Morgan fingerprint density at radius 1 is 1.20 bits per heavy atom. The van der Waals surface area contributed by atoms with Crippen LogP contribution in [0.1, 0.15) is 37.3 Å². The number of benzene rings is 2. The highest BCUT2D eigenvalue weighted by Crippen LogP contribution is 2.49. The molecule has 35 heavy (non-hydrogen) atoms. The van der Waals surface area contributed by atoms with E-state index in [0.717, 1.165) is 23.5 Å². The molecule has 0 unspecified atom stereocenters. The maximum absolute atomic E-state index is 13.6. The number of rotatable bonds is 3. The monoisotopic (exact) mass is 503 g/mol. The zero-order valence-electron chi connectivity index (χ0n) is 18.5. The highest BCUT2D eigenvalue weighted by Gasteiger charge is 2.59. The van der Waals surface area contributed by atoms with Crippen LogP contribution in [0.2, 0.25) is 0 Å². The molecule has 1 amide bonds. The molecular formula is C24H20F3N3O4S. The molecule has 2 aromatic carbocycles. The van der Waals surface area contributed by atoms with Gasteiger partial charge in [-0.25, -0.2) is 0 Å². The van der Waals surface area contributed by atoms with Crippen molar-refractivity contribution in [3.05, 3.63) is 47.5 Å². The highest BCUT2D eigenvalue weighted by atomic mass is 32.1. The van der Waals surface area contributed by atoms with E-state index in [9.17, 15) is 23.1 Å². The number of nitrogens with zero attached hydrogens (tertiary/aromatic N) is 3. The van der Waals surface area contributed by atoms with Gasteiger partial charge in [0.1, 0.15) is 12.1 Å². The second-order valence-corrected chi connectivity index (χ2v) is 9.19. The van der Waals surface area contributed by atoms with Gasteiger partial charge in [-0.3, -0.25) is 9.69 Å². The maximum atomic E-state index is 13.6. The summed E-state index contributed by atoms with van der Waals surface area (Å²) in [7, 11) is 0. The Balaban J connectivity index is 1.54. The summed E-state index contributed by atoms with van der Waals surface area (Å²) >= 11 is 5.64. The number of carbonyl (C=O) groups excluding carboxylic acids is 1. The van der Waals surface area contributed by atoms with Crippen molar-refractivity contribution < 1.29 is 32.5 Å². The molecule has 0 bridgehead atoms. The van der Waals surface area contributed by atoms with Gasteiger partial charge in [0.25, 0.3) is 5.91 Å². The number of carbonyl (C=O) groups is 1. The zero-order chi connectivity index (χ0) is 25.1. The lowest BCUT2D eigenvalue weighted by Crippen LogP contribution is -2.55. The summed E-state index contributed by atoms with van der Waals surface area (Å²) in [5, 5.41) is 18.9. The summed E-state index contributed by atoms with van der Waals surface area (Å²) in [6, 6.07) is 9.72. The number of nitriles is 1. The first-order valence-electron chi connectivity index (χ1n) is 11.0. The minimum Gasteiger partial charge on any atom is -0.486 e. The summed E-state index contributed by atoms with van der Waals surface area (Å²) < 4.78 is 52.2. The molecule has 2 aliphatic heterocycles. The number of alkyl halides is 3. The Kier molecular flexibility index (Phi) is 5.41. The molecule has 1 aliphatic carbocycles. The lowest BCUT2D eigenvalue weighted by molar-refractivity contribution is -0.137. The van der Waals surface area contributed by atoms with E-state index in [-0.39, 0.29) is 17.4 Å². The normalized spacial score (nSPS) is 21.7. The van der Waals surface area contributed by atoms with E-state index in [1.54, 1.807) is 36.1 Å². The van der Waals surface area contributed by atoms with Crippen molar-refractivity contribution in [3.63, 3.8) is 0 Å². The lowest BCUT2D eigenvalue weighted by atomic mass is 9.75. The Bertz CT molecular complexity index is 1270. The summed E-state index contributed by atoms with van der Waals surface area (Å²) in [5.74, 6) is 0.444. The summed E-state index contributed by atoms with van der Waals surface area (Å²) in [6.07, 6.45) is -4.27. The van der Waals surface area contributed by atoms with Crippen LogP contribution < -0.4 is 19.3 Å². The predicted octanol–water partition coefficient (Wildman–Crippen LogP) is 4.16. The zero-order valence-corrected chi connectivity index (χ0v) is 19.3. The van der Waals surface area contributed by atoms with Gasteiger partial charge in [-0.1, -0.05) is 0 Å². The molecule has 0 radical (unpaired) electrons. The predicted molar refractivity (Wildman–Crippen MR) is 123 cm³/mol. The molecule has 1 spiro atoms. The second kappa shape index (κ2) is 8.10. The van der Waals surface area contributed by atoms with E-state index in [1.807, 2.05) is 0 Å². The number of aliphatic hydroxyl groups is 1. The number of aliphatic hydroxyl groups excluding tert-OH is 1. The van der Waals surface area contributed by atoms with Gasteiger partial charge in [0.15, 0.2) is 22.7 Å². The van der Waals surface area contributed by atoms with Gasteiger partial charge in [0.05, 0.1) is 29.0 Å². The summed E-state index contributed by atoms with van der Waals surface area (Å²) in [4.78, 5) is 16.4. The number of hydrogen-bond donors (Lipinski definition) is 1. The van der Waals surface area contributed by atoms with Gasteiger partial charge in [-0.05, 0) is 68.7 Å². The van der Waals surface area contributed by atoms with E-state index in [2.05, 4.69) is 0 Å². The molecule has 5 rings (SSSR count). The van der Waals surface area contributed by atoms with Crippen LogP contribution in [-0.2, 0) is 11.0 Å². The Morgan fingerprint density at radius 3 is 2.51 bits per heavy atom. The number of anilines is 2. The van der Waals surface area contributed by atoms with Gasteiger partial charge in [0, 0.05) is 11.8 Å². The molecule has 2 aromatic rings. The van der Waals surface area contributed by atoms with Crippen LogP contribution in [0.4, 0.5) is 24.5 Å². The third kappa shape index (κ3) is 3.59. The molecule has 3 aliphatic rings. The van der Waals surface area contributed by atoms with Crippen LogP contribution in [0.3, 0.4) is 0 Å². The van der Waals surface area contributed by atoms with Crippen LogP contribution in [-0.4, -0.2) is 40.5 Å². The standard InChI is InChI=1S/C24H20F3N3O4S/c1-13(31)20-12-33-19-10-16(5-6-18(19)34-20)30-22(35)29(21(32)23(30)7-2-8-23)15-4-3-14(11-28)17(9-15)24(25,26)27/h3-6,9-10,13,20,31H,2,7-8,12H2,1H3/t13-,20-/m0/s1. The molecule has 11 heteroatoms. The SMILES string of the molecule is C[C@H](O)[C@@H]1COc2cc(N3C(=S)N(c4ccc(C#N)c(C(F)(F)F)c4)C(=O)C34CCC4)ccc2O1. The van der Waals surface area contributed by atoms with Crippen molar-refractivity contribution >= 4 is 34.6 Å². The number of fused-ring (bicyclic) bond motifs is 1. The minimum atomic E-state index is -4.76. The van der Waals surface area contributed by atoms with E-state index >= 15 is 0 Å². The quantitative estimate of drug-likeness (QED) is 0.630.